The van der Waals surface area contributed by atoms with E-state index in [2.05, 4.69) is 43.9 Å². The molecular weight excluding hydrogens is 479 g/mol. The highest BCUT2D eigenvalue weighted by Crippen LogP contribution is 2.29. The number of para-hydroxylation sites is 1. The second-order valence-electron chi connectivity index (χ2n) is 6.13. The van der Waals surface area contributed by atoms with Gasteiger partial charge in [0.15, 0.2) is 5.96 Å². The number of hydrogen-bond acceptors (Lipinski definition) is 4. The van der Waals surface area contributed by atoms with E-state index in [0.717, 1.165) is 35.2 Å². The summed E-state index contributed by atoms with van der Waals surface area (Å²) in [5.74, 6) is 2.41. The molecule has 0 radical (unpaired) electrons. The Hall–Kier alpha value is -2.62. The van der Waals surface area contributed by atoms with Crippen LogP contribution < -0.4 is 15.4 Å². The van der Waals surface area contributed by atoms with Crippen molar-refractivity contribution in [3.05, 3.63) is 66.7 Å². The van der Waals surface area contributed by atoms with Crippen molar-refractivity contribution in [3.63, 3.8) is 0 Å². The van der Waals surface area contributed by atoms with Crippen LogP contribution in [0, 0.1) is 0 Å². The molecule has 29 heavy (non-hydrogen) atoms. The molecule has 154 valence electrons. The maximum absolute atomic E-state index is 6.02. The standard InChI is InChI=1S/C21H26N6O.HI/c1-3-22-21(24-15-20-25-16-26-27(20)2)23-13-14-28-19-12-8-7-11-18(19)17-9-5-4-6-10-17;/h4-12,16H,3,13-15H2,1-2H3,(H2,22,23,24);1H. The van der Waals surface area contributed by atoms with Gasteiger partial charge in [-0.25, -0.2) is 9.98 Å². The summed E-state index contributed by atoms with van der Waals surface area (Å²) in [5.41, 5.74) is 2.23. The summed E-state index contributed by atoms with van der Waals surface area (Å²) in [6, 6.07) is 18.3. The van der Waals surface area contributed by atoms with E-state index < -0.39 is 0 Å². The van der Waals surface area contributed by atoms with Crippen LogP contribution in [0.3, 0.4) is 0 Å². The van der Waals surface area contributed by atoms with Crippen molar-refractivity contribution < 1.29 is 4.74 Å². The van der Waals surface area contributed by atoms with Gasteiger partial charge in [-0.15, -0.1) is 24.0 Å². The minimum Gasteiger partial charge on any atom is -0.491 e. The van der Waals surface area contributed by atoms with Gasteiger partial charge in [0.1, 0.15) is 31.1 Å². The summed E-state index contributed by atoms with van der Waals surface area (Å²) < 4.78 is 7.74. The SMILES string of the molecule is CCNC(=NCc1ncnn1C)NCCOc1ccccc1-c1ccccc1.I. The number of aryl methyl sites for hydroxylation is 1. The van der Waals surface area contributed by atoms with E-state index in [-0.39, 0.29) is 24.0 Å². The maximum Gasteiger partial charge on any atom is 0.191 e. The summed E-state index contributed by atoms with van der Waals surface area (Å²) in [4.78, 5) is 8.73. The Bertz CT molecular complexity index is 897. The van der Waals surface area contributed by atoms with Crippen LogP contribution in [0.1, 0.15) is 12.7 Å². The van der Waals surface area contributed by atoms with Crippen LogP contribution in [0.15, 0.2) is 65.9 Å². The van der Waals surface area contributed by atoms with E-state index in [9.17, 15) is 0 Å². The Kier molecular flexibility index (Phi) is 9.42. The Morgan fingerprint density at radius 1 is 1.07 bits per heavy atom. The van der Waals surface area contributed by atoms with Gasteiger partial charge in [-0.2, -0.15) is 5.10 Å². The molecule has 3 aromatic rings. The lowest BCUT2D eigenvalue weighted by Gasteiger charge is -2.14. The third kappa shape index (κ3) is 6.74. The summed E-state index contributed by atoms with van der Waals surface area (Å²) in [7, 11) is 1.86. The molecule has 8 heteroatoms. The van der Waals surface area contributed by atoms with Crippen molar-refractivity contribution in [2.24, 2.45) is 12.0 Å². The van der Waals surface area contributed by atoms with Crippen LogP contribution in [0.5, 0.6) is 5.75 Å². The van der Waals surface area contributed by atoms with Gasteiger partial charge in [-0.3, -0.25) is 4.68 Å². The monoisotopic (exact) mass is 506 g/mol. The normalized spacial score (nSPS) is 10.9. The van der Waals surface area contributed by atoms with Crippen molar-refractivity contribution in [2.75, 3.05) is 19.7 Å². The number of nitrogens with zero attached hydrogens (tertiary/aromatic N) is 4. The molecule has 0 saturated heterocycles. The first-order chi connectivity index (χ1) is 13.8. The predicted molar refractivity (Wildman–Crippen MR) is 127 cm³/mol. The average Bonchev–Trinajstić information content (AvgIpc) is 3.15. The lowest BCUT2D eigenvalue weighted by Crippen LogP contribution is -2.39. The van der Waals surface area contributed by atoms with Crippen LogP contribution in [0.2, 0.25) is 0 Å². The van der Waals surface area contributed by atoms with Crippen molar-refractivity contribution >= 4 is 29.9 Å². The molecule has 0 amide bonds. The van der Waals surface area contributed by atoms with E-state index in [1.54, 1.807) is 4.68 Å². The summed E-state index contributed by atoms with van der Waals surface area (Å²) in [6.07, 6.45) is 1.53. The maximum atomic E-state index is 6.02. The van der Waals surface area contributed by atoms with E-state index in [4.69, 9.17) is 4.74 Å². The van der Waals surface area contributed by atoms with Gasteiger partial charge in [-0.1, -0.05) is 48.5 Å². The summed E-state index contributed by atoms with van der Waals surface area (Å²) in [6.45, 7) is 4.43. The molecule has 3 rings (SSSR count). The van der Waals surface area contributed by atoms with Crippen LogP contribution >= 0.6 is 24.0 Å². The fourth-order valence-electron chi connectivity index (χ4n) is 2.73. The second-order valence-corrected chi connectivity index (χ2v) is 6.13. The first kappa shape index (κ1) is 22.7. The zero-order valence-corrected chi connectivity index (χ0v) is 19.0. The number of ether oxygens (including phenoxy) is 1. The summed E-state index contributed by atoms with van der Waals surface area (Å²) in [5, 5.41) is 10.6. The molecule has 1 aromatic heterocycles. The molecule has 2 aromatic carbocycles. The van der Waals surface area contributed by atoms with Gasteiger partial charge in [0.25, 0.3) is 0 Å². The van der Waals surface area contributed by atoms with Crippen molar-refractivity contribution in [1.29, 1.82) is 0 Å². The van der Waals surface area contributed by atoms with Gasteiger partial charge in [0.2, 0.25) is 0 Å². The van der Waals surface area contributed by atoms with E-state index in [0.29, 0.717) is 19.7 Å². The lowest BCUT2D eigenvalue weighted by atomic mass is 10.1. The Morgan fingerprint density at radius 3 is 2.55 bits per heavy atom. The topological polar surface area (TPSA) is 76.4 Å². The van der Waals surface area contributed by atoms with Crippen molar-refractivity contribution in [3.8, 4) is 16.9 Å². The van der Waals surface area contributed by atoms with Gasteiger partial charge in [-0.05, 0) is 18.6 Å². The zero-order chi connectivity index (χ0) is 19.6. The lowest BCUT2D eigenvalue weighted by molar-refractivity contribution is 0.323. The van der Waals surface area contributed by atoms with Gasteiger partial charge in [0, 0.05) is 19.2 Å². The highest BCUT2D eigenvalue weighted by molar-refractivity contribution is 14.0. The van der Waals surface area contributed by atoms with Crippen LogP contribution in [0.25, 0.3) is 11.1 Å². The first-order valence-electron chi connectivity index (χ1n) is 9.40. The zero-order valence-electron chi connectivity index (χ0n) is 16.7. The molecule has 0 fully saturated rings. The number of guanidine groups is 1. The van der Waals surface area contributed by atoms with Crippen LogP contribution in [-0.4, -0.2) is 40.4 Å². The van der Waals surface area contributed by atoms with Crippen LogP contribution in [-0.2, 0) is 13.6 Å². The first-order valence-corrected chi connectivity index (χ1v) is 9.40. The number of hydrogen-bond donors (Lipinski definition) is 2. The molecule has 2 N–H and O–H groups in total. The minimum absolute atomic E-state index is 0. The fraction of sp³-hybridized carbons (Fsp3) is 0.286. The Morgan fingerprint density at radius 2 is 1.83 bits per heavy atom. The molecule has 0 unspecified atom stereocenters. The minimum atomic E-state index is 0. The van der Waals surface area contributed by atoms with Crippen molar-refractivity contribution in [1.82, 2.24) is 25.4 Å². The smallest absolute Gasteiger partial charge is 0.191 e. The molecule has 1 heterocycles. The second kappa shape index (κ2) is 12.1. The molecule has 0 saturated carbocycles. The van der Waals surface area contributed by atoms with E-state index in [1.807, 2.05) is 50.4 Å². The third-order valence-corrected chi connectivity index (χ3v) is 4.15. The number of benzene rings is 2. The van der Waals surface area contributed by atoms with E-state index in [1.165, 1.54) is 6.33 Å². The van der Waals surface area contributed by atoms with Crippen molar-refractivity contribution in [2.45, 2.75) is 13.5 Å². The molecule has 7 nitrogen and oxygen atoms in total. The summed E-state index contributed by atoms with van der Waals surface area (Å²) >= 11 is 0. The van der Waals surface area contributed by atoms with Gasteiger partial charge < -0.3 is 15.4 Å². The highest BCUT2D eigenvalue weighted by atomic mass is 127. The third-order valence-electron chi connectivity index (χ3n) is 4.15. The number of halogens is 1. The average molecular weight is 506 g/mol. The highest BCUT2D eigenvalue weighted by Gasteiger charge is 2.06. The fourth-order valence-corrected chi connectivity index (χ4v) is 2.73. The van der Waals surface area contributed by atoms with Gasteiger partial charge in [0.05, 0.1) is 6.54 Å². The van der Waals surface area contributed by atoms with E-state index >= 15 is 0 Å². The van der Waals surface area contributed by atoms with Gasteiger partial charge >= 0.3 is 0 Å². The molecule has 0 bridgehead atoms. The molecule has 0 atom stereocenters. The number of nitrogens with one attached hydrogen (secondary N) is 2. The largest absolute Gasteiger partial charge is 0.491 e. The molecular formula is C21H27IN6O. The Labute approximate surface area is 188 Å². The molecule has 0 aliphatic heterocycles. The Balaban J connectivity index is 0.00000300. The quantitative estimate of drug-likeness (QED) is 0.212. The van der Waals surface area contributed by atoms with Crippen LogP contribution in [0.4, 0.5) is 0 Å². The molecule has 0 aliphatic rings. The number of aromatic nitrogens is 3. The molecule has 0 spiro atoms. The number of aliphatic imine (C=N–C) groups is 1. The predicted octanol–water partition coefficient (Wildman–Crippen LogP) is 3.23. The molecule has 0 aliphatic carbocycles. The number of rotatable bonds is 8.